The van der Waals surface area contributed by atoms with Crippen molar-refractivity contribution in [1.29, 1.82) is 5.26 Å². The van der Waals surface area contributed by atoms with Crippen LogP contribution >= 0.6 is 11.3 Å². The summed E-state index contributed by atoms with van der Waals surface area (Å²) >= 11 is 1.26. The van der Waals surface area contributed by atoms with Gasteiger partial charge in [0, 0.05) is 18.3 Å². The highest BCUT2D eigenvalue weighted by Gasteiger charge is 2.25. The molecule has 7 nitrogen and oxygen atoms in total. The topological polar surface area (TPSA) is 95.3 Å². The molecule has 0 spiro atoms. The van der Waals surface area contributed by atoms with Crippen LogP contribution in [-0.2, 0) is 9.59 Å². The Labute approximate surface area is 160 Å². The van der Waals surface area contributed by atoms with Gasteiger partial charge in [-0.3, -0.25) is 14.5 Å². The number of thiazole rings is 1. The second-order valence-electron chi connectivity index (χ2n) is 6.02. The van der Waals surface area contributed by atoms with Crippen LogP contribution in [0.4, 0.5) is 10.8 Å². The fraction of sp³-hybridized carbons (Fsp3) is 0.263. The number of ether oxygens (including phenoxy) is 1. The predicted octanol–water partition coefficient (Wildman–Crippen LogP) is 3.02. The smallest absolute Gasteiger partial charge is 0.262 e. The Bertz CT molecular complexity index is 923. The third kappa shape index (κ3) is 4.51. The van der Waals surface area contributed by atoms with Gasteiger partial charge >= 0.3 is 0 Å². The number of methoxy groups -OCH3 is 1. The van der Waals surface area contributed by atoms with Crippen LogP contribution in [0.1, 0.15) is 25.5 Å². The highest BCUT2D eigenvalue weighted by atomic mass is 32.1. The van der Waals surface area contributed by atoms with E-state index in [1.54, 1.807) is 36.8 Å². The van der Waals surface area contributed by atoms with E-state index in [1.165, 1.54) is 29.2 Å². The number of rotatable bonds is 6. The molecule has 8 heteroatoms. The monoisotopic (exact) mass is 382 g/mol. The Hall–Kier alpha value is -3.18. The van der Waals surface area contributed by atoms with Crippen molar-refractivity contribution >= 4 is 40.0 Å². The molecule has 1 heterocycles. The highest BCUT2D eigenvalue weighted by Crippen LogP contribution is 2.30. The number of nitriles is 1. The third-order valence-electron chi connectivity index (χ3n) is 3.92. The normalized spacial score (nSPS) is 13.6. The van der Waals surface area contributed by atoms with Crippen molar-refractivity contribution in [2.24, 2.45) is 0 Å². The van der Waals surface area contributed by atoms with Gasteiger partial charge in [0.05, 0.1) is 18.5 Å². The average Bonchev–Trinajstić information content (AvgIpc) is 3.36. The first-order chi connectivity index (χ1) is 13.0. The standard InChI is InChI=1S/C19H18N4O3S/c1-12(24)23(16-5-7-17(26-2)8-6-16)19-22-15(11-27-19)9-13(10-20)18(25)21-14-3-4-14/h5-9,11,14H,3-4H2,1-2H3,(H,21,25)/b13-9+. The molecule has 1 saturated carbocycles. The number of benzene rings is 1. The minimum atomic E-state index is -0.395. The van der Waals surface area contributed by atoms with Gasteiger partial charge in [0.25, 0.3) is 5.91 Å². The number of amides is 2. The summed E-state index contributed by atoms with van der Waals surface area (Å²) < 4.78 is 5.14. The number of anilines is 2. The molecule has 0 aliphatic heterocycles. The van der Waals surface area contributed by atoms with Gasteiger partial charge < -0.3 is 10.1 Å². The molecule has 27 heavy (non-hydrogen) atoms. The quantitative estimate of drug-likeness (QED) is 0.612. The van der Waals surface area contributed by atoms with E-state index in [4.69, 9.17) is 4.74 Å². The van der Waals surface area contributed by atoms with Crippen molar-refractivity contribution in [3.05, 3.63) is 40.9 Å². The minimum absolute atomic E-state index is 0.00225. The lowest BCUT2D eigenvalue weighted by Gasteiger charge is -2.18. The molecule has 0 unspecified atom stereocenters. The Balaban J connectivity index is 1.84. The van der Waals surface area contributed by atoms with E-state index in [0.29, 0.717) is 22.3 Å². The molecular weight excluding hydrogens is 364 g/mol. The molecule has 3 rings (SSSR count). The first-order valence-electron chi connectivity index (χ1n) is 8.34. The van der Waals surface area contributed by atoms with E-state index in [0.717, 1.165) is 12.8 Å². The van der Waals surface area contributed by atoms with Gasteiger partial charge in [0.2, 0.25) is 5.91 Å². The minimum Gasteiger partial charge on any atom is -0.497 e. The molecule has 0 bridgehead atoms. The maximum Gasteiger partial charge on any atom is 0.262 e. The van der Waals surface area contributed by atoms with E-state index in [1.807, 2.05) is 6.07 Å². The SMILES string of the molecule is COc1ccc(N(C(C)=O)c2nc(/C=C(\C#N)C(=O)NC3CC3)cs2)cc1. The molecule has 0 radical (unpaired) electrons. The molecule has 1 aromatic heterocycles. The number of hydrogen-bond donors (Lipinski definition) is 1. The largest absolute Gasteiger partial charge is 0.497 e. The first-order valence-corrected chi connectivity index (χ1v) is 9.22. The summed E-state index contributed by atoms with van der Waals surface area (Å²) in [6.45, 7) is 1.45. The molecule has 1 N–H and O–H groups in total. The average molecular weight is 382 g/mol. The van der Waals surface area contributed by atoms with E-state index >= 15 is 0 Å². The van der Waals surface area contributed by atoms with Crippen LogP contribution < -0.4 is 15.0 Å². The Morgan fingerprint density at radius 3 is 2.63 bits per heavy atom. The zero-order valence-corrected chi connectivity index (χ0v) is 15.7. The lowest BCUT2D eigenvalue weighted by molar-refractivity contribution is -0.117. The number of carbonyl (C=O) groups is 2. The summed E-state index contributed by atoms with van der Waals surface area (Å²) in [4.78, 5) is 30.1. The van der Waals surface area contributed by atoms with E-state index in [2.05, 4.69) is 10.3 Å². The molecule has 1 aromatic carbocycles. The maximum atomic E-state index is 12.2. The van der Waals surface area contributed by atoms with Crippen LogP contribution in [0.25, 0.3) is 6.08 Å². The summed E-state index contributed by atoms with van der Waals surface area (Å²) in [5.74, 6) is 0.0931. The number of nitrogens with one attached hydrogen (secondary N) is 1. The Morgan fingerprint density at radius 2 is 2.07 bits per heavy atom. The molecule has 2 aromatic rings. The van der Waals surface area contributed by atoms with Gasteiger partial charge in [0.1, 0.15) is 17.4 Å². The number of aromatic nitrogens is 1. The fourth-order valence-electron chi connectivity index (χ4n) is 2.39. The predicted molar refractivity (Wildman–Crippen MR) is 103 cm³/mol. The molecule has 0 saturated heterocycles. The zero-order chi connectivity index (χ0) is 19.4. The van der Waals surface area contributed by atoms with Crippen LogP contribution in [0.2, 0.25) is 0 Å². The van der Waals surface area contributed by atoms with Crippen LogP contribution in [0, 0.1) is 11.3 Å². The lowest BCUT2D eigenvalue weighted by Crippen LogP contribution is -2.26. The van der Waals surface area contributed by atoms with Crippen LogP contribution in [0.5, 0.6) is 5.75 Å². The molecule has 1 fully saturated rings. The molecular formula is C19H18N4O3S. The Kier molecular flexibility index (Phi) is 5.52. The van der Waals surface area contributed by atoms with Crippen molar-refractivity contribution in [1.82, 2.24) is 10.3 Å². The summed E-state index contributed by atoms with van der Waals surface area (Å²) in [7, 11) is 1.57. The summed E-state index contributed by atoms with van der Waals surface area (Å²) in [6, 6.07) is 9.13. The molecule has 0 atom stereocenters. The van der Waals surface area contributed by atoms with Gasteiger partial charge in [-0.1, -0.05) is 0 Å². The fourth-order valence-corrected chi connectivity index (χ4v) is 3.24. The second-order valence-corrected chi connectivity index (χ2v) is 6.86. The van der Waals surface area contributed by atoms with Crippen molar-refractivity contribution in [3.63, 3.8) is 0 Å². The maximum absolute atomic E-state index is 12.2. The lowest BCUT2D eigenvalue weighted by atomic mass is 10.2. The van der Waals surface area contributed by atoms with Gasteiger partial charge in [-0.25, -0.2) is 4.98 Å². The number of hydrogen-bond acceptors (Lipinski definition) is 6. The van der Waals surface area contributed by atoms with Crippen molar-refractivity contribution in [2.75, 3.05) is 12.0 Å². The van der Waals surface area contributed by atoms with Gasteiger partial charge in [0.15, 0.2) is 5.13 Å². The summed E-state index contributed by atoms with van der Waals surface area (Å²) in [5.41, 5.74) is 1.11. The molecule has 2 amide bonds. The summed E-state index contributed by atoms with van der Waals surface area (Å²) in [6.07, 6.45) is 3.32. The Morgan fingerprint density at radius 1 is 1.37 bits per heavy atom. The van der Waals surface area contributed by atoms with E-state index < -0.39 is 5.91 Å². The van der Waals surface area contributed by atoms with Crippen molar-refractivity contribution in [3.8, 4) is 11.8 Å². The van der Waals surface area contributed by atoms with Crippen molar-refractivity contribution in [2.45, 2.75) is 25.8 Å². The molecule has 1 aliphatic rings. The van der Waals surface area contributed by atoms with Crippen LogP contribution in [-0.4, -0.2) is 29.9 Å². The zero-order valence-electron chi connectivity index (χ0n) is 14.9. The second kappa shape index (κ2) is 8.01. The van der Waals surface area contributed by atoms with Gasteiger partial charge in [-0.05, 0) is 43.2 Å². The number of nitrogens with zero attached hydrogens (tertiary/aromatic N) is 3. The number of carbonyl (C=O) groups excluding carboxylic acids is 2. The highest BCUT2D eigenvalue weighted by molar-refractivity contribution is 7.14. The third-order valence-corrected chi connectivity index (χ3v) is 4.76. The van der Waals surface area contributed by atoms with E-state index in [9.17, 15) is 14.9 Å². The first kappa shape index (κ1) is 18.6. The van der Waals surface area contributed by atoms with E-state index in [-0.39, 0.29) is 17.5 Å². The van der Waals surface area contributed by atoms with Crippen LogP contribution in [0.15, 0.2) is 35.2 Å². The molecule has 1 aliphatic carbocycles. The van der Waals surface area contributed by atoms with Crippen LogP contribution in [0.3, 0.4) is 0 Å². The summed E-state index contributed by atoms with van der Waals surface area (Å²) in [5, 5.41) is 14.2. The van der Waals surface area contributed by atoms with Crippen molar-refractivity contribution < 1.29 is 14.3 Å². The van der Waals surface area contributed by atoms with Gasteiger partial charge in [-0.2, -0.15) is 5.26 Å². The van der Waals surface area contributed by atoms with Gasteiger partial charge in [-0.15, -0.1) is 11.3 Å². The molecule has 138 valence electrons.